The zero-order chi connectivity index (χ0) is 10.4. The van der Waals surface area contributed by atoms with Gasteiger partial charge < -0.3 is 9.67 Å². The molecular weight excluding hydrogens is 206 g/mol. The molecule has 1 aliphatic carbocycles. The van der Waals surface area contributed by atoms with E-state index < -0.39 is 0 Å². The summed E-state index contributed by atoms with van der Waals surface area (Å²) < 4.78 is 2.31. The molecule has 0 aliphatic heterocycles. The second-order valence-electron chi connectivity index (χ2n) is 4.47. The van der Waals surface area contributed by atoms with Crippen LogP contribution in [0.25, 0.3) is 10.2 Å². The van der Waals surface area contributed by atoms with Crippen molar-refractivity contribution in [3.63, 3.8) is 0 Å². The second-order valence-corrected chi connectivity index (χ2v) is 5.70. The Morgan fingerprint density at radius 2 is 2.27 bits per heavy atom. The monoisotopic (exact) mass is 221 g/mol. The molecule has 2 aromatic heterocycles. The number of fused-ring (bicyclic) bond motifs is 1. The average Bonchev–Trinajstić information content (AvgIpc) is 2.87. The van der Waals surface area contributed by atoms with Crippen LogP contribution in [0.4, 0.5) is 0 Å². The molecular formula is C12H15NOS. The van der Waals surface area contributed by atoms with Crippen molar-refractivity contribution in [1.29, 1.82) is 0 Å². The fraction of sp³-hybridized carbons (Fsp3) is 0.500. The maximum atomic E-state index is 9.32. The molecule has 2 heterocycles. The van der Waals surface area contributed by atoms with E-state index in [4.69, 9.17) is 0 Å². The van der Waals surface area contributed by atoms with Gasteiger partial charge in [-0.1, -0.05) is 0 Å². The minimum Gasteiger partial charge on any atom is -0.390 e. The largest absolute Gasteiger partial charge is 0.390 e. The average molecular weight is 221 g/mol. The lowest BCUT2D eigenvalue weighted by molar-refractivity contribution is 0.270. The van der Waals surface area contributed by atoms with Gasteiger partial charge in [0.15, 0.2) is 0 Å². The van der Waals surface area contributed by atoms with Gasteiger partial charge in [0.1, 0.15) is 4.83 Å². The Labute approximate surface area is 93.2 Å². The van der Waals surface area contributed by atoms with Crippen molar-refractivity contribution in [3.8, 4) is 0 Å². The molecule has 0 saturated heterocycles. The highest BCUT2D eigenvalue weighted by atomic mass is 32.1. The van der Waals surface area contributed by atoms with Crippen LogP contribution in [0.1, 0.15) is 23.4 Å². The van der Waals surface area contributed by atoms with E-state index in [1.54, 1.807) is 0 Å². The number of aliphatic hydroxyl groups excluding tert-OH is 1. The van der Waals surface area contributed by atoms with Gasteiger partial charge in [0, 0.05) is 22.5 Å². The molecule has 2 nitrogen and oxygen atoms in total. The SMILES string of the molecule is Cc1cc2cc(CO)n(CC3CC3)c2s1. The molecule has 15 heavy (non-hydrogen) atoms. The molecule has 0 bridgehead atoms. The maximum Gasteiger partial charge on any atom is 0.103 e. The Bertz CT molecular complexity index is 493. The molecule has 0 aromatic carbocycles. The van der Waals surface area contributed by atoms with E-state index in [0.29, 0.717) is 0 Å². The minimum absolute atomic E-state index is 0.160. The zero-order valence-electron chi connectivity index (χ0n) is 8.86. The quantitative estimate of drug-likeness (QED) is 0.847. The van der Waals surface area contributed by atoms with Gasteiger partial charge in [-0.25, -0.2) is 0 Å². The van der Waals surface area contributed by atoms with Crippen LogP contribution < -0.4 is 0 Å². The minimum atomic E-state index is 0.160. The normalized spacial score (nSPS) is 16.4. The van der Waals surface area contributed by atoms with Crippen LogP contribution >= 0.6 is 11.3 Å². The van der Waals surface area contributed by atoms with Crippen molar-refractivity contribution >= 4 is 21.6 Å². The number of nitrogens with zero attached hydrogens (tertiary/aromatic N) is 1. The fourth-order valence-corrected chi connectivity index (χ4v) is 3.14. The molecule has 1 saturated carbocycles. The highest BCUT2D eigenvalue weighted by Crippen LogP contribution is 2.35. The Kier molecular flexibility index (Phi) is 2.11. The number of aryl methyl sites for hydroxylation is 1. The molecule has 0 unspecified atom stereocenters. The van der Waals surface area contributed by atoms with Gasteiger partial charge in [-0.3, -0.25) is 0 Å². The van der Waals surface area contributed by atoms with Crippen LogP contribution in [-0.4, -0.2) is 9.67 Å². The predicted molar refractivity (Wildman–Crippen MR) is 63.2 cm³/mol. The zero-order valence-corrected chi connectivity index (χ0v) is 9.68. The first-order chi connectivity index (χ1) is 7.28. The van der Waals surface area contributed by atoms with Crippen molar-refractivity contribution in [2.45, 2.75) is 32.9 Å². The number of aliphatic hydroxyl groups is 1. The molecule has 0 spiro atoms. The van der Waals surface area contributed by atoms with Gasteiger partial charge in [-0.05, 0) is 37.8 Å². The third kappa shape index (κ3) is 1.60. The van der Waals surface area contributed by atoms with E-state index in [1.807, 2.05) is 11.3 Å². The summed E-state index contributed by atoms with van der Waals surface area (Å²) in [5, 5.41) is 10.6. The van der Waals surface area contributed by atoms with Crippen LogP contribution in [-0.2, 0) is 13.2 Å². The predicted octanol–water partition coefficient (Wildman–Crippen LogP) is 2.91. The highest BCUT2D eigenvalue weighted by molar-refractivity contribution is 7.18. The molecule has 1 fully saturated rings. The van der Waals surface area contributed by atoms with Crippen molar-refractivity contribution in [1.82, 2.24) is 4.57 Å². The van der Waals surface area contributed by atoms with Gasteiger partial charge in [-0.2, -0.15) is 0 Å². The van der Waals surface area contributed by atoms with Crippen molar-refractivity contribution < 1.29 is 5.11 Å². The molecule has 80 valence electrons. The molecule has 1 N–H and O–H groups in total. The Balaban J connectivity index is 2.10. The van der Waals surface area contributed by atoms with E-state index in [-0.39, 0.29) is 6.61 Å². The lowest BCUT2D eigenvalue weighted by Gasteiger charge is -2.06. The smallest absolute Gasteiger partial charge is 0.103 e. The number of aromatic nitrogens is 1. The molecule has 0 atom stereocenters. The van der Waals surface area contributed by atoms with Gasteiger partial charge in [0.25, 0.3) is 0 Å². The summed E-state index contributed by atoms with van der Waals surface area (Å²) in [5.74, 6) is 0.855. The highest BCUT2D eigenvalue weighted by Gasteiger charge is 2.23. The Morgan fingerprint density at radius 3 is 2.93 bits per heavy atom. The van der Waals surface area contributed by atoms with Crippen LogP contribution in [0.5, 0.6) is 0 Å². The first kappa shape index (κ1) is 9.43. The maximum absolute atomic E-state index is 9.32. The van der Waals surface area contributed by atoms with Crippen molar-refractivity contribution in [2.75, 3.05) is 0 Å². The van der Waals surface area contributed by atoms with Gasteiger partial charge >= 0.3 is 0 Å². The molecule has 2 aromatic rings. The molecule has 3 rings (SSSR count). The lowest BCUT2D eigenvalue weighted by Crippen LogP contribution is -2.03. The molecule has 1 aliphatic rings. The number of hydrogen-bond acceptors (Lipinski definition) is 2. The van der Waals surface area contributed by atoms with E-state index >= 15 is 0 Å². The third-order valence-electron chi connectivity index (χ3n) is 3.08. The summed E-state index contributed by atoms with van der Waals surface area (Å²) in [6, 6.07) is 4.34. The summed E-state index contributed by atoms with van der Waals surface area (Å²) in [6.45, 7) is 3.40. The van der Waals surface area contributed by atoms with Crippen molar-refractivity contribution in [3.05, 3.63) is 22.7 Å². The number of rotatable bonds is 3. The second kappa shape index (κ2) is 3.35. The van der Waals surface area contributed by atoms with Crippen LogP contribution in [0, 0.1) is 12.8 Å². The van der Waals surface area contributed by atoms with Gasteiger partial charge in [0.2, 0.25) is 0 Å². The molecule has 3 heteroatoms. The van der Waals surface area contributed by atoms with Crippen LogP contribution in [0.2, 0.25) is 0 Å². The van der Waals surface area contributed by atoms with E-state index in [0.717, 1.165) is 18.2 Å². The first-order valence-corrected chi connectivity index (χ1v) is 6.29. The number of thiophene rings is 1. The lowest BCUT2D eigenvalue weighted by atomic mass is 10.3. The summed E-state index contributed by atoms with van der Waals surface area (Å²) >= 11 is 1.84. The fourth-order valence-electron chi connectivity index (χ4n) is 2.11. The van der Waals surface area contributed by atoms with E-state index in [9.17, 15) is 5.11 Å². The van der Waals surface area contributed by atoms with E-state index in [1.165, 1.54) is 27.9 Å². The standard InChI is InChI=1S/C12H15NOS/c1-8-4-10-5-11(7-14)13(12(10)15-8)6-9-2-3-9/h4-5,9,14H,2-3,6-7H2,1H3. The Morgan fingerprint density at radius 1 is 1.47 bits per heavy atom. The van der Waals surface area contributed by atoms with Gasteiger partial charge in [0.05, 0.1) is 6.61 Å². The summed E-state index contributed by atoms with van der Waals surface area (Å²) in [5.41, 5.74) is 1.07. The van der Waals surface area contributed by atoms with Crippen LogP contribution in [0.15, 0.2) is 12.1 Å². The summed E-state index contributed by atoms with van der Waals surface area (Å²) in [6.07, 6.45) is 2.71. The van der Waals surface area contributed by atoms with E-state index in [2.05, 4.69) is 23.6 Å². The Hall–Kier alpha value is -0.800. The summed E-state index contributed by atoms with van der Waals surface area (Å²) in [7, 11) is 0. The van der Waals surface area contributed by atoms with Crippen molar-refractivity contribution in [2.24, 2.45) is 5.92 Å². The third-order valence-corrected chi connectivity index (χ3v) is 4.17. The van der Waals surface area contributed by atoms with Crippen LogP contribution in [0.3, 0.4) is 0 Å². The molecule has 0 amide bonds. The summed E-state index contributed by atoms with van der Waals surface area (Å²) in [4.78, 5) is 2.69. The first-order valence-electron chi connectivity index (χ1n) is 5.47. The van der Waals surface area contributed by atoms with Gasteiger partial charge in [-0.15, -0.1) is 11.3 Å². The topological polar surface area (TPSA) is 25.2 Å². The number of hydrogen-bond donors (Lipinski definition) is 1. The molecule has 0 radical (unpaired) electrons.